The molecule has 0 radical (unpaired) electrons. The fourth-order valence-corrected chi connectivity index (χ4v) is 1.71. The van der Waals surface area contributed by atoms with Crippen LogP contribution in [0.3, 0.4) is 0 Å². The van der Waals surface area contributed by atoms with Crippen LogP contribution in [-0.4, -0.2) is 15.7 Å². The maximum Gasteiger partial charge on any atom is 0.251 e. The zero-order valence-electron chi connectivity index (χ0n) is 9.35. The summed E-state index contributed by atoms with van der Waals surface area (Å²) in [6.07, 6.45) is 1.71. The third kappa shape index (κ3) is 2.94. The summed E-state index contributed by atoms with van der Waals surface area (Å²) in [4.78, 5) is 11.8. The van der Waals surface area contributed by atoms with E-state index in [4.69, 9.17) is 0 Å². The first kappa shape index (κ1) is 11.9. The topological polar surface area (TPSA) is 46.9 Å². The van der Waals surface area contributed by atoms with Crippen molar-refractivity contribution in [2.24, 2.45) is 7.05 Å². The number of nitrogens with zero attached hydrogens (tertiary/aromatic N) is 2. The monoisotopic (exact) mass is 293 g/mol. The first-order valence-corrected chi connectivity index (χ1v) is 5.97. The van der Waals surface area contributed by atoms with E-state index in [9.17, 15) is 4.79 Å². The second-order valence-corrected chi connectivity index (χ2v) is 4.55. The number of carbonyl (C=O) groups excluding carboxylic acids is 1. The Morgan fingerprint density at radius 1 is 1.35 bits per heavy atom. The van der Waals surface area contributed by atoms with E-state index in [1.807, 2.05) is 25.2 Å². The molecule has 0 aliphatic rings. The third-order valence-corrected chi connectivity index (χ3v) is 2.99. The van der Waals surface area contributed by atoms with Crippen LogP contribution in [0.5, 0.6) is 0 Å². The average molecular weight is 294 g/mol. The molecule has 1 N–H and O–H groups in total. The van der Waals surface area contributed by atoms with Crippen molar-refractivity contribution in [1.29, 1.82) is 0 Å². The molecule has 5 heteroatoms. The average Bonchev–Trinajstić information content (AvgIpc) is 2.73. The van der Waals surface area contributed by atoms with Gasteiger partial charge in [0.2, 0.25) is 0 Å². The van der Waals surface area contributed by atoms with E-state index in [2.05, 4.69) is 26.3 Å². The van der Waals surface area contributed by atoms with E-state index >= 15 is 0 Å². The van der Waals surface area contributed by atoms with Gasteiger partial charge in [-0.2, -0.15) is 5.10 Å². The molecule has 0 bridgehead atoms. The quantitative estimate of drug-likeness (QED) is 0.942. The Kier molecular flexibility index (Phi) is 3.58. The number of hydrogen-bond donors (Lipinski definition) is 1. The molecule has 0 aliphatic heterocycles. The summed E-state index contributed by atoms with van der Waals surface area (Å²) in [5.41, 5.74) is 1.62. The molecule has 4 nitrogen and oxygen atoms in total. The van der Waals surface area contributed by atoms with Crippen molar-refractivity contribution in [2.45, 2.75) is 6.54 Å². The molecular formula is C12H12BrN3O. The fourth-order valence-electron chi connectivity index (χ4n) is 1.45. The lowest BCUT2D eigenvalue weighted by Crippen LogP contribution is -2.23. The van der Waals surface area contributed by atoms with Crippen molar-refractivity contribution in [3.63, 3.8) is 0 Å². The Hall–Kier alpha value is -1.62. The molecule has 17 heavy (non-hydrogen) atoms. The highest BCUT2D eigenvalue weighted by molar-refractivity contribution is 9.10. The van der Waals surface area contributed by atoms with E-state index < -0.39 is 0 Å². The number of halogens is 1. The van der Waals surface area contributed by atoms with Crippen LogP contribution >= 0.6 is 15.9 Å². The van der Waals surface area contributed by atoms with Crippen molar-refractivity contribution in [3.8, 4) is 0 Å². The molecule has 88 valence electrons. The van der Waals surface area contributed by atoms with Crippen LogP contribution in [0.25, 0.3) is 0 Å². The zero-order chi connectivity index (χ0) is 12.3. The van der Waals surface area contributed by atoms with Gasteiger partial charge in [-0.3, -0.25) is 9.48 Å². The standard InChI is InChI=1S/C12H12BrN3O/c1-16-11(6-7-15-16)8-14-12(17)9-2-4-10(13)5-3-9/h2-7H,8H2,1H3,(H,14,17). The summed E-state index contributed by atoms with van der Waals surface area (Å²) in [6, 6.07) is 9.13. The minimum absolute atomic E-state index is 0.0845. The number of hydrogen-bond acceptors (Lipinski definition) is 2. The molecule has 0 atom stereocenters. The molecule has 2 rings (SSSR count). The van der Waals surface area contributed by atoms with Crippen molar-refractivity contribution in [1.82, 2.24) is 15.1 Å². The van der Waals surface area contributed by atoms with Gasteiger partial charge in [-0.25, -0.2) is 0 Å². The van der Waals surface area contributed by atoms with Gasteiger partial charge in [-0.05, 0) is 30.3 Å². The lowest BCUT2D eigenvalue weighted by Gasteiger charge is -2.05. The second kappa shape index (κ2) is 5.14. The van der Waals surface area contributed by atoms with Gasteiger partial charge in [0.05, 0.1) is 12.2 Å². The Labute approximate surface area is 108 Å². The van der Waals surface area contributed by atoms with Gasteiger partial charge in [0.25, 0.3) is 5.91 Å². The largest absolute Gasteiger partial charge is 0.346 e. The van der Waals surface area contributed by atoms with Crippen molar-refractivity contribution in [3.05, 3.63) is 52.3 Å². The lowest BCUT2D eigenvalue weighted by atomic mass is 10.2. The van der Waals surface area contributed by atoms with Crippen LogP contribution in [0.4, 0.5) is 0 Å². The summed E-state index contributed by atoms with van der Waals surface area (Å²) in [5, 5.41) is 6.88. The van der Waals surface area contributed by atoms with Gasteiger partial charge in [-0.1, -0.05) is 15.9 Å². The van der Waals surface area contributed by atoms with E-state index in [0.29, 0.717) is 12.1 Å². The van der Waals surface area contributed by atoms with Gasteiger partial charge in [0, 0.05) is 23.3 Å². The summed E-state index contributed by atoms with van der Waals surface area (Å²) >= 11 is 3.33. The number of aromatic nitrogens is 2. The predicted molar refractivity (Wildman–Crippen MR) is 68.5 cm³/mol. The van der Waals surface area contributed by atoms with Crippen molar-refractivity contribution in [2.75, 3.05) is 0 Å². The van der Waals surface area contributed by atoms with Crippen LogP contribution < -0.4 is 5.32 Å². The number of rotatable bonds is 3. The highest BCUT2D eigenvalue weighted by Crippen LogP contribution is 2.10. The van der Waals surface area contributed by atoms with Crippen molar-refractivity contribution < 1.29 is 4.79 Å². The first-order valence-electron chi connectivity index (χ1n) is 5.17. The Bertz CT molecular complexity index is 519. The molecule has 1 heterocycles. The summed E-state index contributed by atoms with van der Waals surface area (Å²) in [5.74, 6) is -0.0845. The SMILES string of the molecule is Cn1nccc1CNC(=O)c1ccc(Br)cc1. The molecule has 2 aromatic rings. The molecule has 0 saturated heterocycles. The summed E-state index contributed by atoms with van der Waals surface area (Å²) in [6.45, 7) is 0.478. The maximum atomic E-state index is 11.8. The first-order chi connectivity index (χ1) is 8.16. The second-order valence-electron chi connectivity index (χ2n) is 3.64. The van der Waals surface area contributed by atoms with Gasteiger partial charge in [0.15, 0.2) is 0 Å². The van der Waals surface area contributed by atoms with Gasteiger partial charge in [0.1, 0.15) is 0 Å². The third-order valence-electron chi connectivity index (χ3n) is 2.46. The minimum Gasteiger partial charge on any atom is -0.346 e. The molecule has 0 spiro atoms. The number of nitrogens with one attached hydrogen (secondary N) is 1. The minimum atomic E-state index is -0.0845. The zero-order valence-corrected chi connectivity index (χ0v) is 10.9. The van der Waals surface area contributed by atoms with Crippen LogP contribution in [-0.2, 0) is 13.6 Å². The molecule has 0 fully saturated rings. The lowest BCUT2D eigenvalue weighted by molar-refractivity contribution is 0.0950. The summed E-state index contributed by atoms with van der Waals surface area (Å²) in [7, 11) is 1.85. The van der Waals surface area contributed by atoms with Gasteiger partial charge in [-0.15, -0.1) is 0 Å². The van der Waals surface area contributed by atoms with E-state index in [-0.39, 0.29) is 5.91 Å². The number of aryl methyl sites for hydroxylation is 1. The van der Waals surface area contributed by atoms with Crippen LogP contribution in [0.1, 0.15) is 16.1 Å². The Balaban J connectivity index is 1.98. The molecule has 1 aromatic heterocycles. The normalized spacial score (nSPS) is 10.2. The predicted octanol–water partition coefficient (Wildman–Crippen LogP) is 2.11. The highest BCUT2D eigenvalue weighted by atomic mass is 79.9. The number of amides is 1. The van der Waals surface area contributed by atoms with E-state index in [0.717, 1.165) is 10.2 Å². The number of benzene rings is 1. The Morgan fingerprint density at radius 3 is 2.65 bits per heavy atom. The maximum absolute atomic E-state index is 11.8. The van der Waals surface area contributed by atoms with Crippen LogP contribution in [0.15, 0.2) is 41.0 Å². The molecule has 1 amide bonds. The van der Waals surface area contributed by atoms with Crippen molar-refractivity contribution >= 4 is 21.8 Å². The molecule has 0 unspecified atom stereocenters. The van der Waals surface area contributed by atoms with Gasteiger partial charge < -0.3 is 5.32 Å². The molecule has 0 saturated carbocycles. The Morgan fingerprint density at radius 2 is 2.06 bits per heavy atom. The van der Waals surface area contributed by atoms with Gasteiger partial charge >= 0.3 is 0 Å². The summed E-state index contributed by atoms with van der Waals surface area (Å²) < 4.78 is 2.70. The molecule has 1 aromatic carbocycles. The smallest absolute Gasteiger partial charge is 0.251 e. The van der Waals surface area contributed by atoms with E-state index in [1.165, 1.54) is 0 Å². The number of carbonyl (C=O) groups is 1. The fraction of sp³-hybridized carbons (Fsp3) is 0.167. The van der Waals surface area contributed by atoms with E-state index in [1.54, 1.807) is 23.0 Å². The van der Waals surface area contributed by atoms with Crippen LogP contribution in [0.2, 0.25) is 0 Å². The highest BCUT2D eigenvalue weighted by Gasteiger charge is 2.05. The van der Waals surface area contributed by atoms with Crippen LogP contribution in [0, 0.1) is 0 Å². The molecular weight excluding hydrogens is 282 g/mol. The molecule has 0 aliphatic carbocycles.